The van der Waals surface area contributed by atoms with E-state index >= 15 is 0 Å². The number of benzene rings is 3. The van der Waals surface area contributed by atoms with Crippen molar-refractivity contribution in [3.63, 3.8) is 0 Å². The normalized spacial score (nSPS) is 11.9. The maximum absolute atomic E-state index is 11.0. The van der Waals surface area contributed by atoms with Gasteiger partial charge in [0.25, 0.3) is 0 Å². The lowest BCUT2D eigenvalue weighted by Crippen LogP contribution is -2.32. The van der Waals surface area contributed by atoms with Gasteiger partial charge in [0.15, 0.2) is 0 Å². The van der Waals surface area contributed by atoms with Gasteiger partial charge in [0, 0.05) is 5.56 Å². The van der Waals surface area contributed by atoms with Crippen molar-refractivity contribution in [3.8, 4) is 11.5 Å². The van der Waals surface area contributed by atoms with Crippen LogP contribution in [0.4, 0.5) is 0 Å². The van der Waals surface area contributed by atoms with Crippen molar-refractivity contribution >= 4 is 16.7 Å². The zero-order chi connectivity index (χ0) is 18.5. The highest BCUT2D eigenvalue weighted by molar-refractivity contribution is 5.83. The number of carboxylic acids is 1. The van der Waals surface area contributed by atoms with Gasteiger partial charge in [0.05, 0.1) is 7.11 Å². The zero-order valence-electron chi connectivity index (χ0n) is 14.5. The molecule has 3 rings (SSSR count). The molecule has 3 aromatic rings. The van der Waals surface area contributed by atoms with Crippen LogP contribution in [0.3, 0.4) is 0 Å². The molecule has 3 N–H and O–H groups in total. The molecule has 0 heterocycles. The molecule has 5 nitrogen and oxygen atoms in total. The van der Waals surface area contributed by atoms with E-state index in [1.54, 1.807) is 7.11 Å². The van der Waals surface area contributed by atoms with Crippen molar-refractivity contribution < 1.29 is 19.4 Å². The van der Waals surface area contributed by atoms with Crippen molar-refractivity contribution in [2.24, 2.45) is 5.73 Å². The smallest absolute Gasteiger partial charge is 0.320 e. The molecule has 0 bridgehead atoms. The van der Waals surface area contributed by atoms with E-state index < -0.39 is 12.0 Å². The lowest BCUT2D eigenvalue weighted by molar-refractivity contribution is -0.138. The van der Waals surface area contributed by atoms with E-state index in [0.29, 0.717) is 12.4 Å². The van der Waals surface area contributed by atoms with Crippen molar-refractivity contribution in [3.05, 3.63) is 71.8 Å². The first-order chi connectivity index (χ1) is 12.6. The van der Waals surface area contributed by atoms with Crippen molar-refractivity contribution in [1.29, 1.82) is 0 Å². The SMILES string of the molecule is COc1ccc(CC(N)C(=O)O)cc1COc1ccc2ccccc2c1. The minimum absolute atomic E-state index is 0.252. The Morgan fingerprint density at radius 3 is 2.58 bits per heavy atom. The van der Waals surface area contributed by atoms with Crippen LogP contribution in [0.5, 0.6) is 11.5 Å². The molecule has 3 aromatic carbocycles. The van der Waals surface area contributed by atoms with Gasteiger partial charge in [-0.05, 0) is 47.0 Å². The summed E-state index contributed by atoms with van der Waals surface area (Å²) in [6.45, 7) is 0.317. The number of fused-ring (bicyclic) bond motifs is 1. The Morgan fingerprint density at radius 2 is 1.85 bits per heavy atom. The predicted octanol–water partition coefficient (Wildman–Crippen LogP) is 3.38. The second-order valence-electron chi connectivity index (χ2n) is 6.09. The summed E-state index contributed by atoms with van der Waals surface area (Å²) in [6.07, 6.45) is 0.252. The third-order valence-electron chi connectivity index (χ3n) is 4.23. The van der Waals surface area contributed by atoms with Crippen LogP contribution in [0.2, 0.25) is 0 Å². The first-order valence-corrected chi connectivity index (χ1v) is 8.32. The standard InChI is InChI=1S/C21H21NO4/c1-25-20-9-6-14(11-19(22)21(23)24)10-17(20)13-26-18-8-7-15-4-2-3-5-16(15)12-18/h2-10,12,19H,11,13,22H2,1H3,(H,23,24). The number of nitrogens with two attached hydrogens (primary N) is 1. The van der Waals surface area contributed by atoms with Gasteiger partial charge in [0.2, 0.25) is 0 Å². The van der Waals surface area contributed by atoms with Crippen LogP contribution in [0.1, 0.15) is 11.1 Å². The highest BCUT2D eigenvalue weighted by Crippen LogP contribution is 2.25. The second-order valence-corrected chi connectivity index (χ2v) is 6.09. The van der Waals surface area contributed by atoms with Crippen molar-refractivity contribution in [2.45, 2.75) is 19.1 Å². The fourth-order valence-electron chi connectivity index (χ4n) is 2.83. The molecular formula is C21H21NO4. The minimum atomic E-state index is -1.02. The molecule has 1 unspecified atom stereocenters. The Kier molecular flexibility index (Phi) is 5.39. The van der Waals surface area contributed by atoms with Gasteiger partial charge in [-0.25, -0.2) is 0 Å². The Bertz CT molecular complexity index is 923. The Balaban J connectivity index is 1.77. The average molecular weight is 351 g/mol. The highest BCUT2D eigenvalue weighted by Gasteiger charge is 2.14. The molecular weight excluding hydrogens is 330 g/mol. The molecule has 0 fully saturated rings. The molecule has 26 heavy (non-hydrogen) atoms. The van der Waals surface area contributed by atoms with Gasteiger partial charge in [0.1, 0.15) is 24.1 Å². The summed E-state index contributed by atoms with van der Waals surface area (Å²) in [5.74, 6) is 0.437. The van der Waals surface area contributed by atoms with E-state index in [4.69, 9.17) is 20.3 Å². The van der Waals surface area contributed by atoms with E-state index in [1.807, 2.05) is 54.6 Å². The third kappa shape index (κ3) is 4.13. The highest BCUT2D eigenvalue weighted by atomic mass is 16.5. The first kappa shape index (κ1) is 17.8. The maximum atomic E-state index is 11.0. The molecule has 0 saturated carbocycles. The van der Waals surface area contributed by atoms with Crippen LogP contribution in [0.15, 0.2) is 60.7 Å². The van der Waals surface area contributed by atoms with Crippen LogP contribution >= 0.6 is 0 Å². The summed E-state index contributed by atoms with van der Waals surface area (Å²) < 4.78 is 11.3. The van der Waals surface area contributed by atoms with E-state index in [-0.39, 0.29) is 6.42 Å². The molecule has 0 spiro atoms. The van der Waals surface area contributed by atoms with Crippen LogP contribution in [0, 0.1) is 0 Å². The predicted molar refractivity (Wildman–Crippen MR) is 101 cm³/mol. The van der Waals surface area contributed by atoms with Gasteiger partial charge < -0.3 is 20.3 Å². The van der Waals surface area contributed by atoms with Gasteiger partial charge >= 0.3 is 5.97 Å². The molecule has 0 aromatic heterocycles. The van der Waals surface area contributed by atoms with Crippen LogP contribution in [-0.4, -0.2) is 24.2 Å². The molecule has 0 saturated heterocycles. The maximum Gasteiger partial charge on any atom is 0.320 e. The van der Waals surface area contributed by atoms with Gasteiger partial charge in [-0.1, -0.05) is 36.4 Å². The Labute approximate surface area is 152 Å². The van der Waals surface area contributed by atoms with Crippen molar-refractivity contribution in [1.82, 2.24) is 0 Å². The summed E-state index contributed by atoms with van der Waals surface area (Å²) in [5.41, 5.74) is 7.30. The molecule has 0 aliphatic heterocycles. The average Bonchev–Trinajstić information content (AvgIpc) is 2.66. The number of aliphatic carboxylic acids is 1. The lowest BCUT2D eigenvalue weighted by Gasteiger charge is -2.13. The van der Waals surface area contributed by atoms with E-state index in [0.717, 1.165) is 27.6 Å². The Morgan fingerprint density at radius 1 is 1.08 bits per heavy atom. The first-order valence-electron chi connectivity index (χ1n) is 8.32. The largest absolute Gasteiger partial charge is 0.496 e. The summed E-state index contributed by atoms with van der Waals surface area (Å²) in [4.78, 5) is 11.0. The van der Waals surface area contributed by atoms with Gasteiger partial charge in [-0.2, -0.15) is 0 Å². The van der Waals surface area contributed by atoms with Crippen LogP contribution in [0.25, 0.3) is 10.8 Å². The monoisotopic (exact) mass is 351 g/mol. The van der Waals surface area contributed by atoms with Crippen LogP contribution < -0.4 is 15.2 Å². The van der Waals surface area contributed by atoms with Crippen molar-refractivity contribution in [2.75, 3.05) is 7.11 Å². The fourth-order valence-corrected chi connectivity index (χ4v) is 2.83. The molecule has 134 valence electrons. The number of carbonyl (C=O) groups is 1. The molecule has 5 heteroatoms. The summed E-state index contributed by atoms with van der Waals surface area (Å²) >= 11 is 0. The van der Waals surface area contributed by atoms with Crippen LogP contribution in [-0.2, 0) is 17.8 Å². The third-order valence-corrected chi connectivity index (χ3v) is 4.23. The summed E-state index contributed by atoms with van der Waals surface area (Å²) in [7, 11) is 1.59. The lowest BCUT2D eigenvalue weighted by atomic mass is 10.0. The van der Waals surface area contributed by atoms with E-state index in [1.165, 1.54) is 0 Å². The molecule has 0 aliphatic rings. The number of ether oxygens (including phenoxy) is 2. The summed E-state index contributed by atoms with van der Waals surface area (Å²) in [5, 5.41) is 11.2. The van der Waals surface area contributed by atoms with Gasteiger partial charge in [-0.3, -0.25) is 4.79 Å². The minimum Gasteiger partial charge on any atom is -0.496 e. The quantitative estimate of drug-likeness (QED) is 0.682. The number of rotatable bonds is 7. The Hall–Kier alpha value is -3.05. The molecule has 1 atom stereocenters. The van der Waals surface area contributed by atoms with Gasteiger partial charge in [-0.15, -0.1) is 0 Å². The molecule has 0 radical (unpaired) electrons. The van der Waals surface area contributed by atoms with E-state index in [9.17, 15) is 4.79 Å². The zero-order valence-corrected chi connectivity index (χ0v) is 14.5. The molecule has 0 aliphatic carbocycles. The fraction of sp³-hybridized carbons (Fsp3) is 0.190. The second kappa shape index (κ2) is 7.89. The van der Waals surface area contributed by atoms with E-state index in [2.05, 4.69) is 6.07 Å². The number of methoxy groups -OCH3 is 1. The molecule has 0 amide bonds. The number of carboxylic acid groups (broad SMARTS) is 1. The number of hydrogen-bond acceptors (Lipinski definition) is 4. The number of hydrogen-bond donors (Lipinski definition) is 2. The summed E-state index contributed by atoms with van der Waals surface area (Å²) in [6, 6.07) is 18.6. The topological polar surface area (TPSA) is 81.8 Å².